The maximum absolute atomic E-state index is 9.26. The Hall–Kier alpha value is -2.97. The SMILES string of the molecule is CC(C)n1cnc2c(NCc3ccccc3-n3ccc(CO)n3)nc(Cl)nc21. The van der Waals surface area contributed by atoms with E-state index < -0.39 is 0 Å². The van der Waals surface area contributed by atoms with E-state index in [0.717, 1.165) is 11.3 Å². The van der Waals surface area contributed by atoms with Gasteiger partial charge < -0.3 is 15.0 Å². The van der Waals surface area contributed by atoms with E-state index in [-0.39, 0.29) is 17.9 Å². The second kappa shape index (κ2) is 7.57. The van der Waals surface area contributed by atoms with Gasteiger partial charge in [-0.1, -0.05) is 18.2 Å². The molecule has 3 aromatic heterocycles. The molecule has 3 heterocycles. The fourth-order valence-electron chi connectivity index (χ4n) is 3.03. The Morgan fingerprint density at radius 3 is 2.75 bits per heavy atom. The number of halogens is 1. The molecule has 9 heteroatoms. The molecule has 0 radical (unpaired) electrons. The van der Waals surface area contributed by atoms with Crippen molar-refractivity contribution in [3.05, 3.63) is 59.4 Å². The lowest BCUT2D eigenvalue weighted by molar-refractivity contribution is 0.276. The minimum atomic E-state index is -0.0939. The molecule has 0 saturated heterocycles. The first kappa shape index (κ1) is 18.4. The standard InChI is InChI=1S/C19H20ClN7O/c1-12(2)26-11-22-16-17(23-19(20)24-18(16)26)21-9-13-5-3-4-6-15(13)27-8-7-14(10-28)25-27/h3-8,11-12,28H,9-10H2,1-2H3,(H,21,23,24). The number of aromatic nitrogens is 6. The molecule has 2 N–H and O–H groups in total. The number of hydrogen-bond donors (Lipinski definition) is 2. The van der Waals surface area contributed by atoms with Gasteiger partial charge in [0.15, 0.2) is 17.0 Å². The molecular weight excluding hydrogens is 378 g/mol. The van der Waals surface area contributed by atoms with Crippen molar-refractivity contribution < 1.29 is 5.11 Å². The van der Waals surface area contributed by atoms with Crippen molar-refractivity contribution in [1.29, 1.82) is 0 Å². The number of imidazole rings is 1. The minimum Gasteiger partial charge on any atom is -0.390 e. The van der Waals surface area contributed by atoms with Crippen LogP contribution >= 0.6 is 11.6 Å². The first-order valence-corrected chi connectivity index (χ1v) is 9.32. The summed E-state index contributed by atoms with van der Waals surface area (Å²) in [4.78, 5) is 13.1. The maximum atomic E-state index is 9.26. The van der Waals surface area contributed by atoms with Crippen LogP contribution in [0.25, 0.3) is 16.9 Å². The lowest BCUT2D eigenvalue weighted by Crippen LogP contribution is -2.08. The molecule has 0 saturated carbocycles. The molecule has 0 bridgehead atoms. The van der Waals surface area contributed by atoms with Crippen LogP contribution in [0.15, 0.2) is 42.9 Å². The summed E-state index contributed by atoms with van der Waals surface area (Å²) in [6, 6.07) is 9.90. The molecule has 8 nitrogen and oxygen atoms in total. The predicted molar refractivity (Wildman–Crippen MR) is 108 cm³/mol. The van der Waals surface area contributed by atoms with Crippen molar-refractivity contribution in [1.82, 2.24) is 29.3 Å². The molecule has 0 aliphatic rings. The van der Waals surface area contributed by atoms with E-state index in [1.807, 2.05) is 35.0 Å². The van der Waals surface area contributed by atoms with Crippen LogP contribution < -0.4 is 5.32 Å². The highest BCUT2D eigenvalue weighted by Gasteiger charge is 2.15. The Morgan fingerprint density at radius 2 is 2.00 bits per heavy atom. The molecule has 0 amide bonds. The van der Waals surface area contributed by atoms with E-state index in [0.29, 0.717) is 29.2 Å². The van der Waals surface area contributed by atoms with E-state index in [9.17, 15) is 5.11 Å². The van der Waals surface area contributed by atoms with Gasteiger partial charge in [0.2, 0.25) is 5.28 Å². The average Bonchev–Trinajstić information content (AvgIpc) is 3.33. The smallest absolute Gasteiger partial charge is 0.226 e. The van der Waals surface area contributed by atoms with Crippen molar-refractivity contribution in [2.75, 3.05) is 5.32 Å². The molecule has 4 rings (SSSR count). The Labute approximate surface area is 166 Å². The molecule has 0 unspecified atom stereocenters. The molecule has 0 fully saturated rings. The van der Waals surface area contributed by atoms with Gasteiger partial charge in [-0.15, -0.1) is 0 Å². The van der Waals surface area contributed by atoms with Gasteiger partial charge in [-0.05, 0) is 43.1 Å². The van der Waals surface area contributed by atoms with Gasteiger partial charge >= 0.3 is 0 Å². The Bertz CT molecular complexity index is 1120. The van der Waals surface area contributed by atoms with Gasteiger partial charge in [-0.25, -0.2) is 9.67 Å². The van der Waals surface area contributed by atoms with Crippen molar-refractivity contribution in [2.24, 2.45) is 0 Å². The highest BCUT2D eigenvalue weighted by Crippen LogP contribution is 2.24. The Morgan fingerprint density at radius 1 is 1.18 bits per heavy atom. The van der Waals surface area contributed by atoms with E-state index >= 15 is 0 Å². The first-order chi connectivity index (χ1) is 13.6. The number of aliphatic hydroxyl groups excluding tert-OH is 1. The van der Waals surface area contributed by atoms with Crippen molar-refractivity contribution in [3.8, 4) is 5.69 Å². The fraction of sp³-hybridized carbons (Fsp3) is 0.263. The van der Waals surface area contributed by atoms with Crippen molar-refractivity contribution in [2.45, 2.75) is 33.0 Å². The lowest BCUT2D eigenvalue weighted by Gasteiger charge is -2.12. The van der Waals surface area contributed by atoms with Crippen molar-refractivity contribution in [3.63, 3.8) is 0 Å². The topological polar surface area (TPSA) is 93.7 Å². The molecule has 28 heavy (non-hydrogen) atoms. The van der Waals surface area contributed by atoms with E-state index in [4.69, 9.17) is 11.6 Å². The summed E-state index contributed by atoms with van der Waals surface area (Å²) in [7, 11) is 0. The zero-order valence-electron chi connectivity index (χ0n) is 15.5. The Balaban J connectivity index is 1.66. The zero-order chi connectivity index (χ0) is 19.7. The fourth-order valence-corrected chi connectivity index (χ4v) is 3.20. The van der Waals surface area contributed by atoms with Crippen LogP contribution in [0, 0.1) is 0 Å². The second-order valence-electron chi connectivity index (χ2n) is 6.65. The average molecular weight is 398 g/mol. The minimum absolute atomic E-state index is 0.0939. The number of anilines is 1. The van der Waals surface area contributed by atoms with Crippen LogP contribution in [-0.4, -0.2) is 34.4 Å². The summed E-state index contributed by atoms with van der Waals surface area (Å²) in [5, 5.41) is 17.1. The number of para-hydroxylation sites is 1. The van der Waals surface area contributed by atoms with E-state index in [2.05, 4.69) is 39.2 Å². The number of rotatable bonds is 6. The van der Waals surface area contributed by atoms with Gasteiger partial charge in [0.05, 0.1) is 24.3 Å². The zero-order valence-corrected chi connectivity index (χ0v) is 16.3. The quantitative estimate of drug-likeness (QED) is 0.484. The molecule has 0 aliphatic carbocycles. The number of aliphatic hydroxyl groups is 1. The maximum Gasteiger partial charge on any atom is 0.226 e. The third-order valence-electron chi connectivity index (χ3n) is 4.44. The third kappa shape index (κ3) is 3.44. The monoisotopic (exact) mass is 397 g/mol. The van der Waals surface area contributed by atoms with Gasteiger partial charge in [0, 0.05) is 18.8 Å². The highest BCUT2D eigenvalue weighted by molar-refractivity contribution is 6.28. The van der Waals surface area contributed by atoms with E-state index in [1.54, 1.807) is 17.1 Å². The second-order valence-corrected chi connectivity index (χ2v) is 6.99. The molecule has 0 aliphatic heterocycles. The van der Waals surface area contributed by atoms with Crippen LogP contribution in [-0.2, 0) is 13.2 Å². The van der Waals surface area contributed by atoms with Crippen LogP contribution in [0.5, 0.6) is 0 Å². The number of hydrogen-bond acceptors (Lipinski definition) is 6. The number of benzene rings is 1. The summed E-state index contributed by atoms with van der Waals surface area (Å²) in [5.41, 5.74) is 3.93. The number of fused-ring (bicyclic) bond motifs is 1. The normalized spacial score (nSPS) is 11.5. The largest absolute Gasteiger partial charge is 0.390 e. The lowest BCUT2D eigenvalue weighted by atomic mass is 10.2. The van der Waals surface area contributed by atoms with Crippen LogP contribution in [0.3, 0.4) is 0 Å². The number of nitrogens with zero attached hydrogens (tertiary/aromatic N) is 6. The van der Waals surface area contributed by atoms with Gasteiger partial charge in [-0.3, -0.25) is 0 Å². The molecule has 144 valence electrons. The summed E-state index contributed by atoms with van der Waals surface area (Å²) >= 11 is 6.14. The van der Waals surface area contributed by atoms with E-state index in [1.165, 1.54) is 0 Å². The van der Waals surface area contributed by atoms with Crippen LogP contribution in [0.4, 0.5) is 5.82 Å². The molecule has 1 aromatic carbocycles. The number of nitrogens with one attached hydrogen (secondary N) is 1. The molecule has 4 aromatic rings. The Kier molecular flexibility index (Phi) is 4.97. The van der Waals surface area contributed by atoms with Crippen LogP contribution in [0.2, 0.25) is 5.28 Å². The third-order valence-corrected chi connectivity index (χ3v) is 4.61. The molecule has 0 atom stereocenters. The first-order valence-electron chi connectivity index (χ1n) is 8.94. The summed E-state index contributed by atoms with van der Waals surface area (Å²) in [6.45, 7) is 4.53. The predicted octanol–water partition coefficient (Wildman–Crippen LogP) is 3.35. The summed E-state index contributed by atoms with van der Waals surface area (Å²) in [5.74, 6) is 0.584. The van der Waals surface area contributed by atoms with Gasteiger partial charge in [0.25, 0.3) is 0 Å². The van der Waals surface area contributed by atoms with Gasteiger partial charge in [0.1, 0.15) is 0 Å². The highest BCUT2D eigenvalue weighted by atomic mass is 35.5. The summed E-state index contributed by atoms with van der Waals surface area (Å²) in [6.07, 6.45) is 3.58. The molecular formula is C19H20ClN7O. The molecule has 0 spiro atoms. The summed E-state index contributed by atoms with van der Waals surface area (Å²) < 4.78 is 3.71. The van der Waals surface area contributed by atoms with Crippen LogP contribution in [0.1, 0.15) is 31.1 Å². The van der Waals surface area contributed by atoms with Crippen molar-refractivity contribution >= 4 is 28.6 Å². The van der Waals surface area contributed by atoms with Gasteiger partial charge in [-0.2, -0.15) is 15.1 Å².